The van der Waals surface area contributed by atoms with Crippen molar-refractivity contribution in [3.05, 3.63) is 89.9 Å². The summed E-state index contributed by atoms with van der Waals surface area (Å²) < 4.78 is 27.7. The summed E-state index contributed by atoms with van der Waals surface area (Å²) in [7, 11) is 0. The molecule has 41 heavy (non-hydrogen) atoms. The summed E-state index contributed by atoms with van der Waals surface area (Å²) in [6.45, 7) is 1.76. The van der Waals surface area contributed by atoms with E-state index in [9.17, 15) is 19.1 Å². The number of nitrogens with zero attached hydrogens (tertiary/aromatic N) is 1. The number of rotatable bonds is 8. The standard InChI is InChI=1S/C33H31FN2O5/c34-29-10-9-28(31(37)35-24-15-33(16-24)13-23(14-33)32(38)39)30-27(29)11-12-36(30)17-20-1-3-21(4-2-20)22-5-7-25(8-6-22)41-26-18-40-19-26/h1-12,23-24,26H,13-19H2,(H,35,37)(H,38,39). The molecule has 3 fully saturated rings. The molecule has 1 spiro atoms. The number of nitrogens with one attached hydrogen (secondary N) is 1. The molecule has 1 aliphatic heterocycles. The van der Waals surface area contributed by atoms with Crippen LogP contribution in [-0.2, 0) is 16.1 Å². The lowest BCUT2D eigenvalue weighted by atomic mass is 9.50. The highest BCUT2D eigenvalue weighted by atomic mass is 19.1. The lowest BCUT2D eigenvalue weighted by Gasteiger charge is -2.56. The SMILES string of the molecule is O=C(NC1CC2(C1)CC(C(=O)O)C2)c1ccc(F)c2ccn(Cc3ccc(-c4ccc(OC5COC5)cc4)cc3)c12. The minimum absolute atomic E-state index is 0.0150. The summed E-state index contributed by atoms with van der Waals surface area (Å²) in [5.74, 6) is -0.742. The van der Waals surface area contributed by atoms with E-state index in [4.69, 9.17) is 9.47 Å². The number of aromatic nitrogens is 1. The van der Waals surface area contributed by atoms with Crippen molar-refractivity contribution in [3.63, 3.8) is 0 Å². The van der Waals surface area contributed by atoms with E-state index in [2.05, 4.69) is 17.4 Å². The van der Waals surface area contributed by atoms with Crippen molar-refractivity contribution >= 4 is 22.8 Å². The van der Waals surface area contributed by atoms with Crippen LogP contribution in [0.1, 0.15) is 41.6 Å². The number of carboxylic acids is 1. The van der Waals surface area contributed by atoms with E-state index in [1.807, 2.05) is 47.2 Å². The summed E-state index contributed by atoms with van der Waals surface area (Å²) in [4.78, 5) is 24.5. The first kappa shape index (κ1) is 25.8. The van der Waals surface area contributed by atoms with Crippen LogP contribution < -0.4 is 10.1 Å². The van der Waals surface area contributed by atoms with Gasteiger partial charge >= 0.3 is 5.97 Å². The van der Waals surface area contributed by atoms with Gasteiger partial charge in [-0.1, -0.05) is 36.4 Å². The van der Waals surface area contributed by atoms with Crippen LogP contribution in [0.25, 0.3) is 22.0 Å². The first-order valence-electron chi connectivity index (χ1n) is 14.1. The largest absolute Gasteiger partial charge is 0.486 e. The number of hydrogen-bond acceptors (Lipinski definition) is 4. The van der Waals surface area contributed by atoms with Gasteiger partial charge in [-0.15, -0.1) is 0 Å². The molecule has 8 heteroatoms. The van der Waals surface area contributed by atoms with Crippen molar-refractivity contribution in [3.8, 4) is 16.9 Å². The Morgan fingerprint density at radius 1 is 0.951 bits per heavy atom. The molecule has 4 aromatic rings. The predicted molar refractivity (Wildman–Crippen MR) is 151 cm³/mol. The molecular weight excluding hydrogens is 523 g/mol. The van der Waals surface area contributed by atoms with E-state index >= 15 is 0 Å². The van der Waals surface area contributed by atoms with Gasteiger partial charge < -0.3 is 24.5 Å². The Hall–Kier alpha value is -4.17. The van der Waals surface area contributed by atoms with Gasteiger partial charge in [-0.05, 0) is 78.1 Å². The number of ether oxygens (including phenoxy) is 2. The number of aliphatic carboxylic acids is 1. The highest BCUT2D eigenvalue weighted by Crippen LogP contribution is 2.58. The minimum atomic E-state index is -0.730. The van der Waals surface area contributed by atoms with Crippen molar-refractivity contribution in [2.45, 2.75) is 44.4 Å². The van der Waals surface area contributed by atoms with Gasteiger partial charge in [0.1, 0.15) is 17.7 Å². The molecule has 210 valence electrons. The Kier molecular flexibility index (Phi) is 6.31. The van der Waals surface area contributed by atoms with E-state index in [0.29, 0.717) is 49.1 Å². The molecule has 7 rings (SSSR count). The number of fused-ring (bicyclic) bond motifs is 1. The van der Waals surface area contributed by atoms with Crippen molar-refractivity contribution in [2.24, 2.45) is 11.3 Å². The fourth-order valence-corrected chi connectivity index (χ4v) is 6.65. The average molecular weight is 555 g/mol. The van der Waals surface area contributed by atoms with Gasteiger partial charge in [0.05, 0.1) is 30.2 Å². The summed E-state index contributed by atoms with van der Waals surface area (Å²) >= 11 is 0. The zero-order valence-electron chi connectivity index (χ0n) is 22.5. The molecule has 0 bridgehead atoms. The van der Waals surface area contributed by atoms with E-state index in [1.165, 1.54) is 6.07 Å². The Bertz CT molecular complexity index is 1610. The minimum Gasteiger partial charge on any atom is -0.486 e. The number of carboxylic acid groups (broad SMARTS) is 1. The zero-order valence-corrected chi connectivity index (χ0v) is 22.5. The molecule has 2 heterocycles. The van der Waals surface area contributed by atoms with Gasteiger partial charge in [0, 0.05) is 24.2 Å². The van der Waals surface area contributed by atoms with E-state index < -0.39 is 5.97 Å². The van der Waals surface area contributed by atoms with Crippen molar-refractivity contribution < 1.29 is 28.6 Å². The van der Waals surface area contributed by atoms with Crippen LogP contribution in [0.5, 0.6) is 5.75 Å². The molecule has 0 unspecified atom stereocenters. The molecule has 0 radical (unpaired) electrons. The third-order valence-corrected chi connectivity index (χ3v) is 8.92. The fraction of sp³-hybridized carbons (Fsp3) is 0.333. The van der Waals surface area contributed by atoms with Gasteiger partial charge in [0.2, 0.25) is 0 Å². The Morgan fingerprint density at radius 2 is 1.63 bits per heavy atom. The van der Waals surface area contributed by atoms with Crippen LogP contribution >= 0.6 is 0 Å². The maximum Gasteiger partial charge on any atom is 0.306 e. The smallest absolute Gasteiger partial charge is 0.306 e. The second-order valence-corrected chi connectivity index (χ2v) is 11.8. The predicted octanol–water partition coefficient (Wildman–Crippen LogP) is 5.65. The zero-order chi connectivity index (χ0) is 28.1. The van der Waals surface area contributed by atoms with E-state index in [1.54, 1.807) is 12.1 Å². The topological polar surface area (TPSA) is 89.8 Å². The molecule has 1 saturated heterocycles. The highest BCUT2D eigenvalue weighted by Gasteiger charge is 2.55. The van der Waals surface area contributed by atoms with Gasteiger partial charge in [-0.25, -0.2) is 4.39 Å². The van der Waals surface area contributed by atoms with Crippen LogP contribution in [0, 0.1) is 17.2 Å². The Labute approximate surface area is 236 Å². The first-order chi connectivity index (χ1) is 19.9. The molecule has 2 saturated carbocycles. The molecule has 0 atom stereocenters. The summed E-state index contributed by atoms with van der Waals surface area (Å²) in [6, 6.07) is 20.9. The number of carbonyl (C=O) groups is 2. The molecule has 2 aliphatic carbocycles. The fourth-order valence-electron chi connectivity index (χ4n) is 6.65. The molecular formula is C33H31FN2O5. The lowest BCUT2D eigenvalue weighted by molar-refractivity contribution is -0.155. The number of hydrogen-bond donors (Lipinski definition) is 2. The molecule has 1 amide bonds. The number of halogens is 1. The summed E-state index contributed by atoms with van der Waals surface area (Å²) in [5, 5.41) is 12.7. The van der Waals surface area contributed by atoms with Crippen LogP contribution in [0.2, 0.25) is 0 Å². The molecule has 1 aromatic heterocycles. The van der Waals surface area contributed by atoms with Crippen LogP contribution in [0.4, 0.5) is 4.39 Å². The average Bonchev–Trinajstić information content (AvgIpc) is 3.32. The van der Waals surface area contributed by atoms with Gasteiger partial charge in [0.25, 0.3) is 5.91 Å². The number of carbonyl (C=O) groups excluding carboxylic acids is 1. The third kappa shape index (κ3) is 4.86. The second-order valence-electron chi connectivity index (χ2n) is 11.8. The van der Waals surface area contributed by atoms with E-state index in [-0.39, 0.29) is 35.2 Å². The van der Waals surface area contributed by atoms with Crippen molar-refractivity contribution in [1.82, 2.24) is 9.88 Å². The molecule has 3 aliphatic rings. The van der Waals surface area contributed by atoms with Gasteiger partial charge in [-0.3, -0.25) is 9.59 Å². The maximum absolute atomic E-state index is 14.7. The Balaban J connectivity index is 1.04. The number of amides is 1. The van der Waals surface area contributed by atoms with Gasteiger partial charge in [0.15, 0.2) is 0 Å². The van der Waals surface area contributed by atoms with Crippen LogP contribution in [0.15, 0.2) is 72.9 Å². The third-order valence-electron chi connectivity index (χ3n) is 8.92. The van der Waals surface area contributed by atoms with Gasteiger partial charge in [-0.2, -0.15) is 0 Å². The molecule has 3 aromatic carbocycles. The van der Waals surface area contributed by atoms with Crippen molar-refractivity contribution in [2.75, 3.05) is 13.2 Å². The van der Waals surface area contributed by atoms with E-state index in [0.717, 1.165) is 35.3 Å². The molecule has 7 nitrogen and oxygen atoms in total. The highest BCUT2D eigenvalue weighted by molar-refractivity contribution is 6.06. The summed E-state index contributed by atoms with van der Waals surface area (Å²) in [6.07, 6.45) is 4.93. The van der Waals surface area contributed by atoms with Crippen LogP contribution in [-0.4, -0.2) is 46.9 Å². The normalized spacial score (nSPS) is 23.4. The van der Waals surface area contributed by atoms with Crippen molar-refractivity contribution in [1.29, 1.82) is 0 Å². The van der Waals surface area contributed by atoms with Crippen LogP contribution in [0.3, 0.4) is 0 Å². The first-order valence-corrected chi connectivity index (χ1v) is 14.1. The quantitative estimate of drug-likeness (QED) is 0.294. The lowest BCUT2D eigenvalue weighted by Crippen LogP contribution is -2.57. The molecule has 2 N–H and O–H groups in total. The second kappa shape index (κ2) is 10.0. The Morgan fingerprint density at radius 3 is 2.27 bits per heavy atom. The monoisotopic (exact) mass is 554 g/mol. The summed E-state index contributed by atoms with van der Waals surface area (Å²) in [5.41, 5.74) is 4.27. The number of benzene rings is 3. The maximum atomic E-state index is 14.7.